The first-order valence-electron chi connectivity index (χ1n) is 6.04. The van der Waals surface area contributed by atoms with Gasteiger partial charge < -0.3 is 5.32 Å². The molecule has 1 N–H and O–H groups in total. The zero-order valence-electron chi connectivity index (χ0n) is 10.5. The highest BCUT2D eigenvalue weighted by Crippen LogP contribution is 2.23. The smallest absolute Gasteiger partial charge is 0.0571 e. The van der Waals surface area contributed by atoms with Crippen LogP contribution in [-0.2, 0) is 13.5 Å². The summed E-state index contributed by atoms with van der Waals surface area (Å²) in [5, 5.41) is 7.55. The molecule has 0 bridgehead atoms. The third-order valence-corrected chi connectivity index (χ3v) is 2.99. The monoisotopic (exact) mass is 229 g/mol. The Morgan fingerprint density at radius 3 is 2.71 bits per heavy atom. The lowest BCUT2D eigenvalue weighted by atomic mass is 10.0. The molecule has 1 heterocycles. The third-order valence-electron chi connectivity index (χ3n) is 2.99. The molecule has 0 radical (unpaired) electrons. The molecule has 2 aromatic rings. The molecule has 0 amide bonds. The summed E-state index contributed by atoms with van der Waals surface area (Å²) in [4.78, 5) is 0. The van der Waals surface area contributed by atoms with Crippen LogP contribution in [-0.4, -0.2) is 23.4 Å². The predicted molar refractivity (Wildman–Crippen MR) is 70.9 cm³/mol. The van der Waals surface area contributed by atoms with Gasteiger partial charge in [0.05, 0.1) is 6.20 Å². The second-order valence-electron chi connectivity index (χ2n) is 4.20. The maximum absolute atomic E-state index is 4.37. The molecule has 3 heteroatoms. The lowest BCUT2D eigenvalue weighted by Crippen LogP contribution is -2.10. The third kappa shape index (κ3) is 2.74. The fourth-order valence-corrected chi connectivity index (χ4v) is 2.05. The van der Waals surface area contributed by atoms with Crippen molar-refractivity contribution < 1.29 is 0 Å². The normalized spacial score (nSPS) is 10.7. The molecule has 1 aromatic carbocycles. The first-order chi connectivity index (χ1) is 8.33. The molecule has 17 heavy (non-hydrogen) atoms. The summed E-state index contributed by atoms with van der Waals surface area (Å²) >= 11 is 0. The van der Waals surface area contributed by atoms with Crippen molar-refractivity contribution in [3.63, 3.8) is 0 Å². The fourth-order valence-electron chi connectivity index (χ4n) is 2.05. The lowest BCUT2D eigenvalue weighted by molar-refractivity contribution is 0.660. The van der Waals surface area contributed by atoms with Crippen molar-refractivity contribution in [1.29, 1.82) is 0 Å². The van der Waals surface area contributed by atoms with Crippen LogP contribution in [0, 0.1) is 0 Å². The molecule has 2 rings (SSSR count). The van der Waals surface area contributed by atoms with Crippen LogP contribution in [0.25, 0.3) is 11.1 Å². The molecule has 0 fully saturated rings. The van der Waals surface area contributed by atoms with Crippen LogP contribution in [0.3, 0.4) is 0 Å². The number of benzene rings is 1. The van der Waals surface area contributed by atoms with Gasteiger partial charge in [0.25, 0.3) is 0 Å². The Morgan fingerprint density at radius 1 is 1.24 bits per heavy atom. The minimum Gasteiger partial charge on any atom is -0.320 e. The van der Waals surface area contributed by atoms with E-state index in [0.29, 0.717) is 0 Å². The van der Waals surface area contributed by atoms with E-state index in [1.165, 1.54) is 16.8 Å². The number of hydrogen-bond donors (Lipinski definition) is 1. The number of nitrogens with one attached hydrogen (secondary N) is 1. The van der Waals surface area contributed by atoms with E-state index in [9.17, 15) is 0 Å². The number of hydrogen-bond acceptors (Lipinski definition) is 2. The molecule has 0 saturated carbocycles. The largest absolute Gasteiger partial charge is 0.320 e. The lowest BCUT2D eigenvalue weighted by Gasteiger charge is -2.06. The summed E-state index contributed by atoms with van der Waals surface area (Å²) in [6, 6.07) is 10.5. The van der Waals surface area contributed by atoms with Gasteiger partial charge in [-0.15, -0.1) is 0 Å². The first kappa shape index (κ1) is 11.9. The Bertz CT molecular complexity index is 460. The standard InChI is InChI=1S/C14H19N3/c1-15-10-6-9-14-13(11-16-17(14)2)12-7-4-3-5-8-12/h3-5,7-8,11,15H,6,9-10H2,1-2H3. The molecule has 0 unspecified atom stereocenters. The Hall–Kier alpha value is -1.61. The van der Waals surface area contributed by atoms with Crippen molar-refractivity contribution in [3.05, 3.63) is 42.2 Å². The summed E-state index contributed by atoms with van der Waals surface area (Å²) in [6.07, 6.45) is 4.15. The van der Waals surface area contributed by atoms with E-state index in [2.05, 4.69) is 34.7 Å². The first-order valence-corrected chi connectivity index (χ1v) is 6.04. The zero-order chi connectivity index (χ0) is 12.1. The Labute approximate surface area is 102 Å². The molecule has 3 nitrogen and oxygen atoms in total. The van der Waals surface area contributed by atoms with Gasteiger partial charge in [-0.05, 0) is 32.0 Å². The van der Waals surface area contributed by atoms with Crippen LogP contribution >= 0.6 is 0 Å². The second kappa shape index (κ2) is 5.64. The van der Waals surface area contributed by atoms with Crippen molar-refractivity contribution in [3.8, 4) is 11.1 Å². The van der Waals surface area contributed by atoms with E-state index >= 15 is 0 Å². The van der Waals surface area contributed by atoms with Gasteiger partial charge in [0, 0.05) is 18.3 Å². The van der Waals surface area contributed by atoms with Gasteiger partial charge in [-0.2, -0.15) is 5.10 Å². The van der Waals surface area contributed by atoms with Crippen molar-refractivity contribution in [2.75, 3.05) is 13.6 Å². The second-order valence-corrected chi connectivity index (χ2v) is 4.20. The van der Waals surface area contributed by atoms with Crippen LogP contribution in [0.5, 0.6) is 0 Å². The van der Waals surface area contributed by atoms with E-state index in [1.807, 2.05) is 31.0 Å². The summed E-state index contributed by atoms with van der Waals surface area (Å²) < 4.78 is 1.98. The average Bonchev–Trinajstić information content (AvgIpc) is 2.73. The highest BCUT2D eigenvalue weighted by molar-refractivity contribution is 5.65. The van der Waals surface area contributed by atoms with Crippen LogP contribution in [0.2, 0.25) is 0 Å². The van der Waals surface area contributed by atoms with Crippen LogP contribution < -0.4 is 5.32 Å². The number of aryl methyl sites for hydroxylation is 1. The van der Waals surface area contributed by atoms with Crippen LogP contribution in [0.1, 0.15) is 12.1 Å². The van der Waals surface area contributed by atoms with Gasteiger partial charge in [-0.3, -0.25) is 4.68 Å². The van der Waals surface area contributed by atoms with Crippen molar-refractivity contribution >= 4 is 0 Å². The molecule has 90 valence electrons. The SMILES string of the molecule is CNCCCc1c(-c2ccccc2)cnn1C. The molecular weight excluding hydrogens is 210 g/mol. The topological polar surface area (TPSA) is 29.9 Å². The van der Waals surface area contributed by atoms with E-state index in [4.69, 9.17) is 0 Å². The molecule has 0 saturated heterocycles. The van der Waals surface area contributed by atoms with Crippen molar-refractivity contribution in [2.45, 2.75) is 12.8 Å². The van der Waals surface area contributed by atoms with Gasteiger partial charge in [0.2, 0.25) is 0 Å². The molecular formula is C14H19N3. The highest BCUT2D eigenvalue weighted by atomic mass is 15.3. The van der Waals surface area contributed by atoms with Gasteiger partial charge in [-0.1, -0.05) is 30.3 Å². The summed E-state index contributed by atoms with van der Waals surface area (Å²) in [6.45, 7) is 1.04. The fraction of sp³-hybridized carbons (Fsp3) is 0.357. The summed E-state index contributed by atoms with van der Waals surface area (Å²) in [5.41, 5.74) is 3.82. The minimum absolute atomic E-state index is 1.04. The van der Waals surface area contributed by atoms with E-state index in [-0.39, 0.29) is 0 Å². The quantitative estimate of drug-likeness (QED) is 0.797. The highest BCUT2D eigenvalue weighted by Gasteiger charge is 2.09. The van der Waals surface area contributed by atoms with Crippen LogP contribution in [0.4, 0.5) is 0 Å². The number of nitrogens with zero attached hydrogens (tertiary/aromatic N) is 2. The number of aromatic nitrogens is 2. The van der Waals surface area contributed by atoms with E-state index in [0.717, 1.165) is 19.4 Å². The van der Waals surface area contributed by atoms with Gasteiger partial charge >= 0.3 is 0 Å². The molecule has 0 atom stereocenters. The van der Waals surface area contributed by atoms with E-state index < -0.39 is 0 Å². The average molecular weight is 229 g/mol. The molecule has 0 aliphatic carbocycles. The zero-order valence-corrected chi connectivity index (χ0v) is 10.5. The van der Waals surface area contributed by atoms with Gasteiger partial charge in [-0.25, -0.2) is 0 Å². The maximum atomic E-state index is 4.37. The van der Waals surface area contributed by atoms with Crippen molar-refractivity contribution in [1.82, 2.24) is 15.1 Å². The van der Waals surface area contributed by atoms with Crippen molar-refractivity contribution in [2.24, 2.45) is 7.05 Å². The molecule has 0 spiro atoms. The van der Waals surface area contributed by atoms with Gasteiger partial charge in [0.15, 0.2) is 0 Å². The Morgan fingerprint density at radius 2 is 2.00 bits per heavy atom. The number of rotatable bonds is 5. The molecule has 0 aliphatic rings. The Balaban J connectivity index is 2.23. The summed E-state index contributed by atoms with van der Waals surface area (Å²) in [7, 11) is 4.00. The van der Waals surface area contributed by atoms with Gasteiger partial charge in [0.1, 0.15) is 0 Å². The maximum Gasteiger partial charge on any atom is 0.0571 e. The van der Waals surface area contributed by atoms with E-state index in [1.54, 1.807) is 0 Å². The molecule has 0 aliphatic heterocycles. The molecule has 1 aromatic heterocycles. The Kier molecular flexibility index (Phi) is 3.94. The predicted octanol–water partition coefficient (Wildman–Crippen LogP) is 2.24. The van der Waals surface area contributed by atoms with Crippen LogP contribution in [0.15, 0.2) is 36.5 Å². The summed E-state index contributed by atoms with van der Waals surface area (Å²) in [5.74, 6) is 0. The minimum atomic E-state index is 1.04.